The number of amides is 1. The molecule has 3 N–H and O–H groups in total. The third-order valence-corrected chi connectivity index (χ3v) is 3.25. The predicted octanol–water partition coefficient (Wildman–Crippen LogP) is 2.22. The summed E-state index contributed by atoms with van der Waals surface area (Å²) < 4.78 is 25.5. The third-order valence-electron chi connectivity index (χ3n) is 2.23. The van der Waals surface area contributed by atoms with Crippen molar-refractivity contribution in [2.45, 2.75) is 17.7 Å². The van der Waals surface area contributed by atoms with E-state index in [1.165, 1.54) is 11.8 Å². The van der Waals surface area contributed by atoms with Gasteiger partial charge in [0.15, 0.2) is 0 Å². The van der Waals surface area contributed by atoms with E-state index >= 15 is 0 Å². The fourth-order valence-corrected chi connectivity index (χ4v) is 1.86. The highest BCUT2D eigenvalue weighted by Gasteiger charge is 2.26. The molecule has 1 aromatic rings. The molecule has 0 aliphatic carbocycles. The van der Waals surface area contributed by atoms with Gasteiger partial charge in [0, 0.05) is 4.90 Å². The Morgan fingerprint density at radius 3 is 2.47 bits per heavy atom. The van der Waals surface area contributed by atoms with E-state index in [2.05, 4.69) is 5.32 Å². The number of benzene rings is 1. The van der Waals surface area contributed by atoms with Gasteiger partial charge in [0.1, 0.15) is 0 Å². The minimum Gasteiger partial charge on any atom is -0.349 e. The summed E-state index contributed by atoms with van der Waals surface area (Å²) in [5.41, 5.74) is 6.00. The van der Waals surface area contributed by atoms with Crippen LogP contribution in [0, 0.1) is 6.92 Å². The van der Waals surface area contributed by atoms with Gasteiger partial charge in [0.25, 0.3) is 5.92 Å². The Labute approximate surface area is 121 Å². The third kappa shape index (κ3) is 7.34. The molecule has 0 spiro atoms. The summed E-state index contributed by atoms with van der Waals surface area (Å²) in [5, 5.41) is 2.17. The number of thioether (sulfide) groups is 1. The molecule has 7 heteroatoms. The lowest BCUT2D eigenvalue weighted by atomic mass is 10.2. The largest absolute Gasteiger partial charge is 0.349 e. The maximum atomic E-state index is 12.8. The Morgan fingerprint density at radius 1 is 1.37 bits per heavy atom. The molecular formula is C12H17ClF2N2OS. The number of alkyl halides is 2. The van der Waals surface area contributed by atoms with Crippen LogP contribution in [-0.2, 0) is 4.79 Å². The van der Waals surface area contributed by atoms with Crippen molar-refractivity contribution in [3.05, 3.63) is 29.8 Å². The zero-order valence-electron chi connectivity index (χ0n) is 10.5. The first-order valence-corrected chi connectivity index (χ1v) is 6.45. The van der Waals surface area contributed by atoms with E-state index in [1.807, 2.05) is 31.2 Å². The van der Waals surface area contributed by atoms with E-state index in [1.54, 1.807) is 0 Å². The first kappa shape index (κ1) is 18.1. The van der Waals surface area contributed by atoms with Crippen molar-refractivity contribution in [1.29, 1.82) is 0 Å². The van der Waals surface area contributed by atoms with E-state index in [9.17, 15) is 13.6 Å². The average molecular weight is 311 g/mol. The van der Waals surface area contributed by atoms with E-state index in [0.29, 0.717) is 0 Å². The zero-order valence-corrected chi connectivity index (χ0v) is 12.1. The molecular weight excluding hydrogens is 294 g/mol. The molecule has 0 heterocycles. The van der Waals surface area contributed by atoms with Gasteiger partial charge < -0.3 is 11.1 Å². The normalized spacial score (nSPS) is 10.7. The standard InChI is InChI=1S/C12H16F2N2OS.ClH/c1-9-2-4-10(5-3-9)18-6-11(17)16-8-12(13,14)7-15;/h2-5H,6-8,15H2,1H3,(H,16,17);1H. The number of hydrogen-bond donors (Lipinski definition) is 2. The first-order valence-electron chi connectivity index (χ1n) is 5.47. The quantitative estimate of drug-likeness (QED) is 0.792. The van der Waals surface area contributed by atoms with Crippen molar-refractivity contribution in [2.24, 2.45) is 5.73 Å². The van der Waals surface area contributed by atoms with Gasteiger partial charge in [0.2, 0.25) is 5.91 Å². The second-order valence-electron chi connectivity index (χ2n) is 3.94. The summed E-state index contributed by atoms with van der Waals surface area (Å²) in [6, 6.07) is 7.65. The second-order valence-corrected chi connectivity index (χ2v) is 4.99. The van der Waals surface area contributed by atoms with Gasteiger partial charge in [-0.25, -0.2) is 8.78 Å². The molecule has 1 amide bonds. The number of nitrogens with two attached hydrogens (primary N) is 1. The van der Waals surface area contributed by atoms with Crippen LogP contribution in [0.3, 0.4) is 0 Å². The minimum absolute atomic E-state index is 0. The first-order chi connectivity index (χ1) is 8.43. The average Bonchev–Trinajstić information content (AvgIpc) is 2.36. The molecule has 0 fully saturated rings. The summed E-state index contributed by atoms with van der Waals surface area (Å²) in [7, 11) is 0. The smallest absolute Gasteiger partial charge is 0.277 e. The summed E-state index contributed by atoms with van der Waals surface area (Å²) in [4.78, 5) is 12.3. The SMILES string of the molecule is Cc1ccc(SCC(=O)NCC(F)(F)CN)cc1.Cl. The number of halogens is 3. The van der Waals surface area contributed by atoms with Crippen molar-refractivity contribution >= 4 is 30.1 Å². The predicted molar refractivity (Wildman–Crippen MR) is 76.2 cm³/mol. The molecule has 0 saturated carbocycles. The Kier molecular flexibility index (Phi) is 7.97. The number of rotatable bonds is 6. The number of aryl methyl sites for hydroxylation is 1. The monoisotopic (exact) mass is 310 g/mol. The zero-order chi connectivity index (χ0) is 13.6. The number of nitrogens with one attached hydrogen (secondary N) is 1. The summed E-state index contributed by atoms with van der Waals surface area (Å²) in [6.45, 7) is 0.491. The Bertz CT molecular complexity index is 401. The number of hydrogen-bond acceptors (Lipinski definition) is 3. The lowest BCUT2D eigenvalue weighted by Crippen LogP contribution is -2.42. The van der Waals surface area contributed by atoms with E-state index < -0.39 is 24.9 Å². The van der Waals surface area contributed by atoms with Gasteiger partial charge in [-0.1, -0.05) is 17.7 Å². The lowest BCUT2D eigenvalue weighted by Gasteiger charge is -2.14. The van der Waals surface area contributed by atoms with E-state index in [-0.39, 0.29) is 18.2 Å². The Balaban J connectivity index is 0.00000324. The van der Waals surface area contributed by atoms with Crippen molar-refractivity contribution < 1.29 is 13.6 Å². The van der Waals surface area contributed by atoms with Crippen LogP contribution in [0.2, 0.25) is 0 Å². The Morgan fingerprint density at radius 2 is 1.95 bits per heavy atom. The number of carbonyl (C=O) groups excluding carboxylic acids is 1. The van der Waals surface area contributed by atoms with Crippen LogP contribution in [0.1, 0.15) is 5.56 Å². The number of carbonyl (C=O) groups is 1. The molecule has 108 valence electrons. The van der Waals surface area contributed by atoms with Crippen LogP contribution in [0.15, 0.2) is 29.2 Å². The molecule has 1 aromatic carbocycles. The molecule has 19 heavy (non-hydrogen) atoms. The molecule has 0 bridgehead atoms. The van der Waals surface area contributed by atoms with E-state index in [4.69, 9.17) is 5.73 Å². The Hall–Kier alpha value is -0.850. The highest BCUT2D eigenvalue weighted by Crippen LogP contribution is 2.18. The van der Waals surface area contributed by atoms with Crippen LogP contribution in [0.5, 0.6) is 0 Å². The maximum Gasteiger partial charge on any atom is 0.277 e. The van der Waals surface area contributed by atoms with Gasteiger partial charge in [0.05, 0.1) is 18.8 Å². The van der Waals surface area contributed by atoms with Gasteiger partial charge in [-0.15, -0.1) is 24.2 Å². The molecule has 0 unspecified atom stereocenters. The molecule has 0 radical (unpaired) electrons. The van der Waals surface area contributed by atoms with Crippen LogP contribution < -0.4 is 11.1 Å². The van der Waals surface area contributed by atoms with Gasteiger partial charge in [-0.3, -0.25) is 4.79 Å². The van der Waals surface area contributed by atoms with Crippen LogP contribution in [0.25, 0.3) is 0 Å². The molecule has 0 atom stereocenters. The summed E-state index contributed by atoms with van der Waals surface area (Å²) in [6.07, 6.45) is 0. The molecule has 3 nitrogen and oxygen atoms in total. The van der Waals surface area contributed by atoms with Crippen molar-refractivity contribution in [1.82, 2.24) is 5.32 Å². The lowest BCUT2D eigenvalue weighted by molar-refractivity contribution is -0.120. The van der Waals surface area contributed by atoms with Crippen molar-refractivity contribution in [2.75, 3.05) is 18.8 Å². The topological polar surface area (TPSA) is 55.1 Å². The van der Waals surface area contributed by atoms with Gasteiger partial charge in [-0.05, 0) is 19.1 Å². The van der Waals surface area contributed by atoms with E-state index in [0.717, 1.165) is 10.5 Å². The highest BCUT2D eigenvalue weighted by atomic mass is 35.5. The fraction of sp³-hybridized carbons (Fsp3) is 0.417. The molecule has 0 saturated heterocycles. The van der Waals surface area contributed by atoms with Crippen molar-refractivity contribution in [3.63, 3.8) is 0 Å². The molecule has 0 aromatic heterocycles. The van der Waals surface area contributed by atoms with Crippen LogP contribution in [0.4, 0.5) is 8.78 Å². The molecule has 0 aliphatic rings. The fourth-order valence-electron chi connectivity index (χ4n) is 1.13. The molecule has 1 rings (SSSR count). The van der Waals surface area contributed by atoms with Crippen LogP contribution in [-0.4, -0.2) is 30.7 Å². The van der Waals surface area contributed by atoms with Gasteiger partial charge >= 0.3 is 0 Å². The van der Waals surface area contributed by atoms with Gasteiger partial charge in [-0.2, -0.15) is 0 Å². The molecule has 0 aliphatic heterocycles. The minimum atomic E-state index is -3.04. The maximum absolute atomic E-state index is 12.8. The summed E-state index contributed by atoms with van der Waals surface area (Å²) in [5.74, 6) is -3.35. The van der Waals surface area contributed by atoms with Crippen LogP contribution >= 0.6 is 24.2 Å². The summed E-state index contributed by atoms with van der Waals surface area (Å²) >= 11 is 1.31. The highest BCUT2D eigenvalue weighted by molar-refractivity contribution is 8.00. The second kappa shape index (κ2) is 8.35. The van der Waals surface area contributed by atoms with Crippen molar-refractivity contribution in [3.8, 4) is 0 Å².